The van der Waals surface area contributed by atoms with Crippen LogP contribution < -0.4 is 4.74 Å². The van der Waals surface area contributed by atoms with E-state index in [0.29, 0.717) is 5.75 Å². The topological polar surface area (TPSA) is 52.4 Å². The van der Waals surface area contributed by atoms with Gasteiger partial charge >= 0.3 is 0 Å². The number of rotatable bonds is 4. The molecule has 0 aliphatic carbocycles. The molecular weight excluding hydrogens is 194 g/mol. The Morgan fingerprint density at radius 3 is 2.73 bits per heavy atom. The SMILES string of the molecule is C=CC(C)(C)Oc1cccc([N+](=O)[O-])c1. The lowest BCUT2D eigenvalue weighted by Crippen LogP contribution is -2.24. The molecule has 0 radical (unpaired) electrons. The molecular formula is C11H13NO3. The third-order valence-electron chi connectivity index (χ3n) is 1.90. The standard InChI is InChI=1S/C11H13NO3/c1-4-11(2,3)15-10-7-5-6-9(8-10)12(13)14/h4-8H,1H2,2-3H3. The van der Waals surface area contributed by atoms with Gasteiger partial charge in [0.1, 0.15) is 11.4 Å². The molecule has 4 heteroatoms. The van der Waals surface area contributed by atoms with Crippen molar-refractivity contribution in [1.29, 1.82) is 0 Å². The van der Waals surface area contributed by atoms with Crippen LogP contribution >= 0.6 is 0 Å². The van der Waals surface area contributed by atoms with Crippen LogP contribution in [0, 0.1) is 10.1 Å². The molecule has 0 aromatic heterocycles. The number of hydrogen-bond donors (Lipinski definition) is 0. The van der Waals surface area contributed by atoms with E-state index in [9.17, 15) is 10.1 Å². The van der Waals surface area contributed by atoms with E-state index in [0.717, 1.165) is 0 Å². The van der Waals surface area contributed by atoms with E-state index in [1.807, 2.05) is 13.8 Å². The first-order chi connectivity index (χ1) is 6.94. The van der Waals surface area contributed by atoms with Crippen LogP contribution in [0.5, 0.6) is 5.75 Å². The number of nitrogens with zero attached hydrogens (tertiary/aromatic N) is 1. The lowest BCUT2D eigenvalue weighted by Gasteiger charge is -2.21. The monoisotopic (exact) mass is 207 g/mol. The summed E-state index contributed by atoms with van der Waals surface area (Å²) in [5, 5.41) is 10.5. The van der Waals surface area contributed by atoms with Gasteiger partial charge in [0.05, 0.1) is 11.0 Å². The van der Waals surface area contributed by atoms with Gasteiger partial charge in [-0.25, -0.2) is 0 Å². The van der Waals surface area contributed by atoms with Crippen molar-refractivity contribution in [1.82, 2.24) is 0 Å². The fourth-order valence-corrected chi connectivity index (χ4v) is 1.01. The molecule has 0 N–H and O–H groups in total. The van der Waals surface area contributed by atoms with Gasteiger partial charge in [0, 0.05) is 6.07 Å². The van der Waals surface area contributed by atoms with E-state index in [-0.39, 0.29) is 5.69 Å². The van der Waals surface area contributed by atoms with Gasteiger partial charge in [0.2, 0.25) is 0 Å². The third-order valence-corrected chi connectivity index (χ3v) is 1.90. The Hall–Kier alpha value is -1.84. The first-order valence-corrected chi connectivity index (χ1v) is 4.52. The van der Waals surface area contributed by atoms with Crippen LogP contribution in [0.4, 0.5) is 5.69 Å². The Bertz CT molecular complexity index is 385. The summed E-state index contributed by atoms with van der Waals surface area (Å²) < 4.78 is 5.52. The predicted molar refractivity (Wildman–Crippen MR) is 58.0 cm³/mol. The molecule has 0 saturated heterocycles. The van der Waals surface area contributed by atoms with Crippen LogP contribution in [0.3, 0.4) is 0 Å². The summed E-state index contributed by atoms with van der Waals surface area (Å²) in [5.74, 6) is 0.467. The molecule has 80 valence electrons. The number of nitro benzene ring substituents is 1. The quantitative estimate of drug-likeness (QED) is 0.433. The Kier molecular flexibility index (Phi) is 3.09. The Labute approximate surface area is 88.3 Å². The number of non-ortho nitro benzene ring substituents is 1. The van der Waals surface area contributed by atoms with Crippen LogP contribution in [-0.2, 0) is 0 Å². The van der Waals surface area contributed by atoms with E-state index in [2.05, 4.69) is 6.58 Å². The maximum atomic E-state index is 10.5. The van der Waals surface area contributed by atoms with Crippen molar-refractivity contribution in [3.8, 4) is 5.75 Å². The molecule has 4 nitrogen and oxygen atoms in total. The van der Waals surface area contributed by atoms with Gasteiger partial charge < -0.3 is 4.74 Å². The molecule has 15 heavy (non-hydrogen) atoms. The molecule has 0 spiro atoms. The van der Waals surface area contributed by atoms with Gasteiger partial charge in [-0.2, -0.15) is 0 Å². The first-order valence-electron chi connectivity index (χ1n) is 4.52. The lowest BCUT2D eigenvalue weighted by molar-refractivity contribution is -0.385. The molecule has 0 unspecified atom stereocenters. The molecule has 0 aliphatic heterocycles. The largest absolute Gasteiger partial charge is 0.484 e. The lowest BCUT2D eigenvalue weighted by atomic mass is 10.1. The van der Waals surface area contributed by atoms with Crippen molar-refractivity contribution in [3.05, 3.63) is 47.0 Å². The average Bonchev–Trinajstić information content (AvgIpc) is 2.17. The van der Waals surface area contributed by atoms with E-state index in [1.54, 1.807) is 18.2 Å². The molecule has 1 aromatic rings. The van der Waals surface area contributed by atoms with Gasteiger partial charge in [-0.3, -0.25) is 10.1 Å². The fraction of sp³-hybridized carbons (Fsp3) is 0.273. The highest BCUT2D eigenvalue weighted by atomic mass is 16.6. The van der Waals surface area contributed by atoms with Crippen LogP contribution in [0.2, 0.25) is 0 Å². The second-order valence-corrected chi connectivity index (χ2v) is 3.66. The summed E-state index contributed by atoms with van der Waals surface area (Å²) in [5.41, 5.74) is -0.512. The molecule has 0 saturated carbocycles. The molecule has 0 fully saturated rings. The smallest absolute Gasteiger partial charge is 0.273 e. The minimum absolute atomic E-state index is 0.0207. The Morgan fingerprint density at radius 2 is 2.20 bits per heavy atom. The summed E-state index contributed by atoms with van der Waals surface area (Å²) in [4.78, 5) is 10.1. The number of benzene rings is 1. The molecule has 0 atom stereocenters. The molecule has 0 aliphatic rings. The number of ether oxygens (including phenoxy) is 1. The van der Waals surface area contributed by atoms with Crippen LogP contribution in [-0.4, -0.2) is 10.5 Å². The molecule has 1 aromatic carbocycles. The van der Waals surface area contributed by atoms with Crippen molar-refractivity contribution in [2.45, 2.75) is 19.4 Å². The van der Waals surface area contributed by atoms with Gasteiger partial charge in [0.15, 0.2) is 0 Å². The van der Waals surface area contributed by atoms with Crippen molar-refractivity contribution in [3.63, 3.8) is 0 Å². The summed E-state index contributed by atoms with van der Waals surface area (Å²) in [7, 11) is 0. The zero-order chi connectivity index (χ0) is 11.5. The van der Waals surface area contributed by atoms with Gasteiger partial charge in [-0.15, -0.1) is 0 Å². The summed E-state index contributed by atoms with van der Waals surface area (Å²) in [6, 6.07) is 6.09. The van der Waals surface area contributed by atoms with E-state index in [1.165, 1.54) is 12.1 Å². The van der Waals surface area contributed by atoms with Crippen LogP contribution in [0.15, 0.2) is 36.9 Å². The highest BCUT2D eigenvalue weighted by Gasteiger charge is 2.16. The summed E-state index contributed by atoms with van der Waals surface area (Å²) in [6.45, 7) is 7.29. The zero-order valence-corrected chi connectivity index (χ0v) is 8.77. The van der Waals surface area contributed by atoms with Gasteiger partial charge in [-0.05, 0) is 26.0 Å². The van der Waals surface area contributed by atoms with E-state index >= 15 is 0 Å². The van der Waals surface area contributed by atoms with Crippen molar-refractivity contribution < 1.29 is 9.66 Å². The molecule has 0 bridgehead atoms. The predicted octanol–water partition coefficient (Wildman–Crippen LogP) is 2.94. The maximum absolute atomic E-state index is 10.5. The molecule has 0 amide bonds. The minimum Gasteiger partial charge on any atom is -0.484 e. The van der Waals surface area contributed by atoms with E-state index in [4.69, 9.17) is 4.74 Å². The summed E-state index contributed by atoms with van der Waals surface area (Å²) >= 11 is 0. The molecule has 1 rings (SSSR count). The highest BCUT2D eigenvalue weighted by Crippen LogP contribution is 2.23. The second-order valence-electron chi connectivity index (χ2n) is 3.66. The third kappa shape index (κ3) is 3.09. The highest BCUT2D eigenvalue weighted by molar-refractivity contribution is 5.38. The van der Waals surface area contributed by atoms with E-state index < -0.39 is 10.5 Å². The first kappa shape index (κ1) is 11.2. The normalized spacial score (nSPS) is 10.8. The average molecular weight is 207 g/mol. The Morgan fingerprint density at radius 1 is 1.53 bits per heavy atom. The number of hydrogen-bond acceptors (Lipinski definition) is 3. The Balaban J connectivity index is 2.92. The van der Waals surface area contributed by atoms with Gasteiger partial charge in [-0.1, -0.05) is 12.6 Å². The number of nitro groups is 1. The van der Waals surface area contributed by atoms with Crippen LogP contribution in [0.1, 0.15) is 13.8 Å². The van der Waals surface area contributed by atoms with Gasteiger partial charge in [0.25, 0.3) is 5.69 Å². The summed E-state index contributed by atoms with van der Waals surface area (Å²) in [6.07, 6.45) is 1.64. The van der Waals surface area contributed by atoms with Crippen molar-refractivity contribution >= 4 is 5.69 Å². The maximum Gasteiger partial charge on any atom is 0.273 e. The second kappa shape index (κ2) is 4.13. The van der Waals surface area contributed by atoms with Crippen LogP contribution in [0.25, 0.3) is 0 Å². The fourth-order valence-electron chi connectivity index (χ4n) is 1.01. The van der Waals surface area contributed by atoms with Crippen molar-refractivity contribution in [2.75, 3.05) is 0 Å². The minimum atomic E-state index is -0.533. The van der Waals surface area contributed by atoms with Crippen molar-refractivity contribution in [2.24, 2.45) is 0 Å². The molecule has 0 heterocycles. The zero-order valence-electron chi connectivity index (χ0n) is 8.77.